The summed E-state index contributed by atoms with van der Waals surface area (Å²) in [6, 6.07) is 10.9. The van der Waals surface area contributed by atoms with E-state index < -0.39 is 0 Å². The van der Waals surface area contributed by atoms with Crippen molar-refractivity contribution in [1.82, 2.24) is 30.0 Å². The third-order valence-corrected chi connectivity index (χ3v) is 6.48. The van der Waals surface area contributed by atoms with E-state index >= 15 is 0 Å². The van der Waals surface area contributed by atoms with Crippen molar-refractivity contribution >= 4 is 51.8 Å². The smallest absolute Gasteiger partial charge is 0.240 e. The molecule has 2 aromatic heterocycles. The van der Waals surface area contributed by atoms with Gasteiger partial charge in [-0.25, -0.2) is 9.97 Å². The minimum atomic E-state index is 0.157. The molecule has 3 heterocycles. The molecular weight excluding hydrogens is 521 g/mol. The van der Waals surface area contributed by atoms with Gasteiger partial charge in [-0.15, -0.1) is 10.2 Å². The van der Waals surface area contributed by atoms with Gasteiger partial charge in [-0.3, -0.25) is 4.90 Å². The minimum absolute atomic E-state index is 0.157. The third kappa shape index (κ3) is 6.70. The number of aromatic nitrogens is 5. The standard InChI is InChI=1S/C14H10Cl2N4.C11H16ClN3O/c1-7-5-8(12-9(15)3-2-4-10(12)16)6-11-13(7)18-14(17)20-19-11;1-9-13-10(12)8-11(14-9)16-7-6-15-4-2-3-5-15/h2-6H,1H3,(H2,17,18,20);8H,2-7H2,1H3. The summed E-state index contributed by atoms with van der Waals surface area (Å²) in [5.74, 6) is 1.37. The molecule has 36 heavy (non-hydrogen) atoms. The molecule has 0 spiro atoms. The van der Waals surface area contributed by atoms with Crippen LogP contribution in [0.3, 0.4) is 0 Å². The largest absolute Gasteiger partial charge is 0.476 e. The molecule has 1 fully saturated rings. The fourth-order valence-corrected chi connectivity index (χ4v) is 4.84. The zero-order chi connectivity index (χ0) is 25.7. The molecule has 1 aliphatic heterocycles. The molecule has 0 bridgehead atoms. The number of rotatable bonds is 5. The number of benzene rings is 2. The average Bonchev–Trinajstić information content (AvgIpc) is 3.33. The maximum absolute atomic E-state index is 6.24. The second kappa shape index (κ2) is 12.0. The lowest BCUT2D eigenvalue weighted by molar-refractivity contribution is 0.231. The maximum Gasteiger partial charge on any atom is 0.240 e. The zero-order valence-electron chi connectivity index (χ0n) is 20.0. The van der Waals surface area contributed by atoms with Gasteiger partial charge in [-0.2, -0.15) is 4.98 Å². The van der Waals surface area contributed by atoms with Gasteiger partial charge in [-0.05, 0) is 75.2 Å². The molecule has 2 N–H and O–H groups in total. The van der Waals surface area contributed by atoms with Crippen molar-refractivity contribution in [1.29, 1.82) is 0 Å². The molecule has 8 nitrogen and oxygen atoms in total. The fourth-order valence-electron chi connectivity index (χ4n) is 4.01. The van der Waals surface area contributed by atoms with E-state index in [0.717, 1.165) is 28.8 Å². The van der Waals surface area contributed by atoms with Crippen LogP contribution in [0.5, 0.6) is 5.88 Å². The first-order valence-corrected chi connectivity index (χ1v) is 12.6. The van der Waals surface area contributed by atoms with Crippen LogP contribution in [-0.4, -0.2) is 56.3 Å². The molecule has 1 saturated heterocycles. The van der Waals surface area contributed by atoms with Crippen LogP contribution in [0.4, 0.5) is 5.95 Å². The number of hydrogen-bond acceptors (Lipinski definition) is 8. The summed E-state index contributed by atoms with van der Waals surface area (Å²) >= 11 is 18.3. The van der Waals surface area contributed by atoms with Crippen LogP contribution >= 0.6 is 34.8 Å². The summed E-state index contributed by atoms with van der Waals surface area (Å²) in [6.07, 6.45) is 2.61. The molecule has 11 heteroatoms. The van der Waals surface area contributed by atoms with Crippen molar-refractivity contribution in [2.24, 2.45) is 0 Å². The van der Waals surface area contributed by atoms with Gasteiger partial charge in [0.25, 0.3) is 0 Å². The number of anilines is 1. The van der Waals surface area contributed by atoms with Crippen molar-refractivity contribution < 1.29 is 4.74 Å². The first-order valence-electron chi connectivity index (χ1n) is 11.5. The Morgan fingerprint density at radius 2 is 1.67 bits per heavy atom. The van der Waals surface area contributed by atoms with Gasteiger partial charge in [0.2, 0.25) is 11.8 Å². The highest BCUT2D eigenvalue weighted by atomic mass is 35.5. The second-order valence-corrected chi connectivity index (χ2v) is 9.60. The lowest BCUT2D eigenvalue weighted by Crippen LogP contribution is -2.25. The van der Waals surface area contributed by atoms with Crippen LogP contribution in [0.25, 0.3) is 22.2 Å². The summed E-state index contributed by atoms with van der Waals surface area (Å²) < 4.78 is 5.55. The first kappa shape index (κ1) is 26.3. The van der Waals surface area contributed by atoms with E-state index in [-0.39, 0.29) is 5.95 Å². The van der Waals surface area contributed by atoms with Crippen LogP contribution < -0.4 is 10.5 Å². The van der Waals surface area contributed by atoms with E-state index in [1.54, 1.807) is 25.1 Å². The predicted molar refractivity (Wildman–Crippen MR) is 145 cm³/mol. The zero-order valence-corrected chi connectivity index (χ0v) is 22.3. The Labute approximate surface area is 224 Å². The number of fused-ring (bicyclic) bond motifs is 1. The number of hydrogen-bond donors (Lipinski definition) is 1. The number of aryl methyl sites for hydroxylation is 2. The highest BCUT2D eigenvalue weighted by molar-refractivity contribution is 6.39. The molecule has 0 amide bonds. The molecule has 0 saturated carbocycles. The lowest BCUT2D eigenvalue weighted by Gasteiger charge is -2.14. The Morgan fingerprint density at radius 3 is 2.36 bits per heavy atom. The van der Waals surface area contributed by atoms with Gasteiger partial charge in [-0.1, -0.05) is 40.9 Å². The summed E-state index contributed by atoms with van der Waals surface area (Å²) in [6.45, 7) is 7.73. The number of nitrogens with two attached hydrogens (primary N) is 1. The van der Waals surface area contributed by atoms with Gasteiger partial charge in [0.1, 0.15) is 23.1 Å². The summed E-state index contributed by atoms with van der Waals surface area (Å²) in [5.41, 5.74) is 9.55. The molecule has 1 aliphatic rings. The molecule has 5 rings (SSSR count). The normalized spacial score (nSPS) is 13.5. The van der Waals surface area contributed by atoms with E-state index in [1.165, 1.54) is 25.9 Å². The second-order valence-electron chi connectivity index (χ2n) is 8.40. The topological polar surface area (TPSA) is 103 Å². The molecule has 188 valence electrons. The maximum atomic E-state index is 6.24. The highest BCUT2D eigenvalue weighted by Gasteiger charge is 2.13. The van der Waals surface area contributed by atoms with E-state index in [9.17, 15) is 0 Å². The van der Waals surface area contributed by atoms with Crippen molar-refractivity contribution in [3.05, 3.63) is 63.0 Å². The van der Waals surface area contributed by atoms with Crippen LogP contribution in [0.15, 0.2) is 36.4 Å². The molecule has 0 unspecified atom stereocenters. The number of ether oxygens (including phenoxy) is 1. The molecule has 0 radical (unpaired) electrons. The van der Waals surface area contributed by atoms with Gasteiger partial charge < -0.3 is 10.5 Å². The Kier molecular flexibility index (Phi) is 8.74. The lowest BCUT2D eigenvalue weighted by atomic mass is 10.0. The molecule has 2 aromatic carbocycles. The van der Waals surface area contributed by atoms with Crippen molar-refractivity contribution in [2.45, 2.75) is 26.7 Å². The summed E-state index contributed by atoms with van der Waals surface area (Å²) in [7, 11) is 0. The Balaban J connectivity index is 0.000000174. The van der Waals surface area contributed by atoms with Crippen LogP contribution in [0.1, 0.15) is 24.2 Å². The van der Waals surface area contributed by atoms with E-state index in [1.807, 2.05) is 25.1 Å². The number of likely N-dealkylation sites (tertiary alicyclic amines) is 1. The SMILES string of the molecule is Cc1cc(-c2c(Cl)cccc2Cl)cc2nnc(N)nc12.Cc1nc(Cl)cc(OCCN2CCCC2)n1. The van der Waals surface area contributed by atoms with Crippen LogP contribution in [0.2, 0.25) is 15.2 Å². The van der Waals surface area contributed by atoms with Gasteiger partial charge >= 0.3 is 0 Å². The van der Waals surface area contributed by atoms with E-state index in [4.69, 9.17) is 45.3 Å². The molecular formula is C25H26Cl3N7O. The van der Waals surface area contributed by atoms with Crippen molar-refractivity contribution in [3.8, 4) is 17.0 Å². The highest BCUT2D eigenvalue weighted by Crippen LogP contribution is 2.36. The first-order chi connectivity index (χ1) is 17.3. The van der Waals surface area contributed by atoms with Crippen molar-refractivity contribution in [2.75, 3.05) is 32.0 Å². The average molecular weight is 547 g/mol. The summed E-state index contributed by atoms with van der Waals surface area (Å²) in [4.78, 5) is 14.7. The van der Waals surface area contributed by atoms with Crippen LogP contribution in [0, 0.1) is 13.8 Å². The fraction of sp³-hybridized carbons (Fsp3) is 0.320. The van der Waals surface area contributed by atoms with Crippen molar-refractivity contribution in [3.63, 3.8) is 0 Å². The molecule has 4 aromatic rings. The monoisotopic (exact) mass is 545 g/mol. The molecule has 0 atom stereocenters. The van der Waals surface area contributed by atoms with Gasteiger partial charge in [0.15, 0.2) is 0 Å². The quantitative estimate of drug-likeness (QED) is 0.313. The van der Waals surface area contributed by atoms with Gasteiger partial charge in [0, 0.05) is 28.2 Å². The Hall–Kier alpha value is -2.78. The minimum Gasteiger partial charge on any atom is -0.476 e. The molecule has 0 aliphatic carbocycles. The van der Waals surface area contributed by atoms with E-state index in [0.29, 0.717) is 39.0 Å². The number of nitrogens with zero attached hydrogens (tertiary/aromatic N) is 6. The number of halogens is 3. The summed E-state index contributed by atoms with van der Waals surface area (Å²) in [5, 5.41) is 9.46. The Bertz CT molecular complexity index is 1320. The predicted octanol–water partition coefficient (Wildman–Crippen LogP) is 5.80. The Morgan fingerprint density at radius 1 is 0.944 bits per heavy atom. The number of nitrogen functional groups attached to an aromatic ring is 1. The van der Waals surface area contributed by atoms with Crippen LogP contribution in [-0.2, 0) is 0 Å². The van der Waals surface area contributed by atoms with Gasteiger partial charge in [0.05, 0.1) is 5.52 Å². The van der Waals surface area contributed by atoms with E-state index in [2.05, 4.69) is 30.0 Å². The third-order valence-electron chi connectivity index (χ3n) is 5.66.